The minimum atomic E-state index is -2.83. The zero-order valence-electron chi connectivity index (χ0n) is 11.7. The van der Waals surface area contributed by atoms with Crippen molar-refractivity contribution in [2.45, 2.75) is 20.1 Å². The lowest BCUT2D eigenvalue weighted by Crippen LogP contribution is -2.25. The number of amides is 1. The number of ether oxygens (including phenoxy) is 1. The minimum Gasteiger partial charge on any atom is -0.435 e. The second-order valence-electron chi connectivity index (χ2n) is 4.62. The minimum absolute atomic E-state index is 0.0459. The Balaban J connectivity index is 2.01. The van der Waals surface area contributed by atoms with Crippen molar-refractivity contribution in [3.8, 4) is 5.75 Å². The van der Waals surface area contributed by atoms with E-state index in [1.54, 1.807) is 24.1 Å². The van der Waals surface area contributed by atoms with E-state index in [9.17, 15) is 13.6 Å². The maximum Gasteiger partial charge on any atom is 0.387 e. The summed E-state index contributed by atoms with van der Waals surface area (Å²) < 4.78 is 28.4. The largest absolute Gasteiger partial charge is 0.435 e. The standard InChI is InChI=1S/C15H15F2NO2S/c1-10-7-8-21-13(10)14(19)18(2)9-11-3-5-12(6-4-11)20-15(16)17/h3-8,15H,9H2,1-2H3. The van der Waals surface area contributed by atoms with Gasteiger partial charge in [0.15, 0.2) is 0 Å². The average Bonchev–Trinajstić information content (AvgIpc) is 2.85. The number of carbonyl (C=O) groups is 1. The van der Waals surface area contributed by atoms with Crippen LogP contribution in [0.15, 0.2) is 35.7 Å². The zero-order valence-corrected chi connectivity index (χ0v) is 12.5. The van der Waals surface area contributed by atoms with Crippen LogP contribution in [0, 0.1) is 6.92 Å². The summed E-state index contributed by atoms with van der Waals surface area (Å²) in [6.07, 6.45) is 0. The Morgan fingerprint density at radius 1 is 1.29 bits per heavy atom. The molecule has 0 atom stereocenters. The first kappa shape index (κ1) is 15.4. The monoisotopic (exact) mass is 311 g/mol. The van der Waals surface area contributed by atoms with Gasteiger partial charge in [-0.2, -0.15) is 8.78 Å². The highest BCUT2D eigenvalue weighted by molar-refractivity contribution is 7.12. The third-order valence-electron chi connectivity index (χ3n) is 2.97. The fourth-order valence-corrected chi connectivity index (χ4v) is 2.81. The fourth-order valence-electron chi connectivity index (χ4n) is 1.89. The molecule has 6 heteroatoms. The van der Waals surface area contributed by atoms with E-state index < -0.39 is 6.61 Å². The first-order valence-corrected chi connectivity index (χ1v) is 7.18. The molecule has 0 unspecified atom stereocenters. The molecule has 0 radical (unpaired) electrons. The van der Waals surface area contributed by atoms with Crippen molar-refractivity contribution >= 4 is 17.2 Å². The van der Waals surface area contributed by atoms with Gasteiger partial charge < -0.3 is 9.64 Å². The van der Waals surface area contributed by atoms with Gasteiger partial charge in [0, 0.05) is 13.6 Å². The van der Waals surface area contributed by atoms with Crippen molar-refractivity contribution in [2.24, 2.45) is 0 Å². The summed E-state index contributed by atoms with van der Waals surface area (Å²) in [4.78, 5) is 14.6. The Labute approximate surface area is 125 Å². The number of aryl methyl sites for hydroxylation is 1. The van der Waals surface area contributed by atoms with Gasteiger partial charge in [0.25, 0.3) is 5.91 Å². The predicted molar refractivity (Wildman–Crippen MR) is 77.9 cm³/mol. The number of rotatable bonds is 5. The summed E-state index contributed by atoms with van der Waals surface area (Å²) in [5.41, 5.74) is 1.80. The summed E-state index contributed by atoms with van der Waals surface area (Å²) >= 11 is 1.41. The molecule has 3 nitrogen and oxygen atoms in total. The molecule has 0 aliphatic rings. The molecule has 0 aliphatic carbocycles. The van der Waals surface area contributed by atoms with E-state index in [0.717, 1.165) is 16.0 Å². The van der Waals surface area contributed by atoms with Gasteiger partial charge in [0.2, 0.25) is 0 Å². The normalized spacial score (nSPS) is 10.7. The highest BCUT2D eigenvalue weighted by atomic mass is 32.1. The van der Waals surface area contributed by atoms with E-state index in [0.29, 0.717) is 6.54 Å². The smallest absolute Gasteiger partial charge is 0.387 e. The first-order chi connectivity index (χ1) is 9.97. The number of hydrogen-bond donors (Lipinski definition) is 0. The van der Waals surface area contributed by atoms with Gasteiger partial charge in [0.1, 0.15) is 5.75 Å². The number of halogens is 2. The molecular weight excluding hydrogens is 296 g/mol. The lowest BCUT2D eigenvalue weighted by molar-refractivity contribution is -0.0498. The van der Waals surface area contributed by atoms with Crippen LogP contribution in [0.4, 0.5) is 8.78 Å². The van der Waals surface area contributed by atoms with Crippen LogP contribution >= 0.6 is 11.3 Å². The molecule has 1 amide bonds. The predicted octanol–water partition coefficient (Wildman–Crippen LogP) is 3.93. The van der Waals surface area contributed by atoms with Crippen molar-refractivity contribution < 1.29 is 18.3 Å². The Hall–Kier alpha value is -1.95. The van der Waals surface area contributed by atoms with E-state index in [4.69, 9.17) is 0 Å². The van der Waals surface area contributed by atoms with Gasteiger partial charge in [-0.25, -0.2) is 0 Å². The van der Waals surface area contributed by atoms with Gasteiger partial charge >= 0.3 is 6.61 Å². The average molecular weight is 311 g/mol. The summed E-state index contributed by atoms with van der Waals surface area (Å²) in [5, 5.41) is 1.88. The molecule has 0 N–H and O–H groups in total. The number of carbonyl (C=O) groups excluding carboxylic acids is 1. The Morgan fingerprint density at radius 2 is 1.95 bits per heavy atom. The molecule has 0 bridgehead atoms. The number of benzene rings is 1. The molecular formula is C15H15F2NO2S. The third kappa shape index (κ3) is 4.01. The van der Waals surface area contributed by atoms with Crippen LogP contribution in [0.25, 0.3) is 0 Å². The molecule has 0 saturated carbocycles. The van der Waals surface area contributed by atoms with Crippen molar-refractivity contribution in [2.75, 3.05) is 7.05 Å². The molecule has 2 aromatic rings. The Kier molecular flexibility index (Phi) is 4.90. The molecule has 21 heavy (non-hydrogen) atoms. The van der Waals surface area contributed by atoms with E-state index in [1.165, 1.54) is 23.5 Å². The topological polar surface area (TPSA) is 29.5 Å². The lowest BCUT2D eigenvalue weighted by atomic mass is 10.2. The number of alkyl halides is 2. The molecule has 0 aliphatic heterocycles. The quantitative estimate of drug-likeness (QED) is 0.837. The highest BCUT2D eigenvalue weighted by Gasteiger charge is 2.15. The van der Waals surface area contributed by atoms with Crippen molar-refractivity contribution in [3.63, 3.8) is 0 Å². The summed E-state index contributed by atoms with van der Waals surface area (Å²) in [5.74, 6) is 0.0623. The van der Waals surface area contributed by atoms with Crippen LogP contribution in [0.3, 0.4) is 0 Å². The summed E-state index contributed by atoms with van der Waals surface area (Å²) in [6.45, 7) is -0.527. The van der Waals surface area contributed by atoms with E-state index in [1.807, 2.05) is 18.4 Å². The molecule has 0 saturated heterocycles. The van der Waals surface area contributed by atoms with Crippen molar-refractivity contribution in [3.05, 3.63) is 51.7 Å². The highest BCUT2D eigenvalue weighted by Crippen LogP contribution is 2.19. The van der Waals surface area contributed by atoms with E-state index in [-0.39, 0.29) is 11.7 Å². The Morgan fingerprint density at radius 3 is 2.48 bits per heavy atom. The maximum atomic E-state index is 12.3. The van der Waals surface area contributed by atoms with Crippen LogP contribution in [0.5, 0.6) is 5.75 Å². The van der Waals surface area contributed by atoms with Gasteiger partial charge in [-0.1, -0.05) is 12.1 Å². The molecule has 0 spiro atoms. The second kappa shape index (κ2) is 6.67. The third-order valence-corrected chi connectivity index (χ3v) is 3.98. The summed E-state index contributed by atoms with van der Waals surface area (Å²) in [7, 11) is 1.71. The van der Waals surface area contributed by atoms with Crippen molar-refractivity contribution in [1.29, 1.82) is 0 Å². The number of thiophene rings is 1. The van der Waals surface area contributed by atoms with Gasteiger partial charge in [0.05, 0.1) is 4.88 Å². The molecule has 0 fully saturated rings. The van der Waals surface area contributed by atoms with E-state index in [2.05, 4.69) is 4.74 Å². The summed E-state index contributed by atoms with van der Waals surface area (Å²) in [6, 6.07) is 8.18. The molecule has 1 aromatic heterocycles. The number of nitrogens with zero attached hydrogens (tertiary/aromatic N) is 1. The van der Waals surface area contributed by atoms with E-state index >= 15 is 0 Å². The Bertz CT molecular complexity index is 610. The van der Waals surface area contributed by atoms with Crippen LogP contribution < -0.4 is 4.74 Å². The van der Waals surface area contributed by atoms with Crippen LogP contribution in [-0.2, 0) is 6.54 Å². The van der Waals surface area contributed by atoms with Gasteiger partial charge in [-0.3, -0.25) is 4.79 Å². The van der Waals surface area contributed by atoms with Crippen LogP contribution in [0.1, 0.15) is 20.8 Å². The van der Waals surface area contributed by atoms with Crippen molar-refractivity contribution in [1.82, 2.24) is 4.90 Å². The number of hydrogen-bond acceptors (Lipinski definition) is 3. The van der Waals surface area contributed by atoms with Crippen LogP contribution in [0.2, 0.25) is 0 Å². The van der Waals surface area contributed by atoms with Gasteiger partial charge in [-0.05, 0) is 41.6 Å². The molecule has 112 valence electrons. The maximum absolute atomic E-state index is 12.3. The van der Waals surface area contributed by atoms with Gasteiger partial charge in [-0.15, -0.1) is 11.3 Å². The molecule has 1 aromatic carbocycles. The molecule has 2 rings (SSSR count). The second-order valence-corrected chi connectivity index (χ2v) is 5.53. The van der Waals surface area contributed by atoms with Crippen LogP contribution in [-0.4, -0.2) is 24.5 Å². The molecule has 1 heterocycles. The first-order valence-electron chi connectivity index (χ1n) is 6.30. The zero-order chi connectivity index (χ0) is 15.4. The SMILES string of the molecule is Cc1ccsc1C(=O)N(C)Cc1ccc(OC(F)F)cc1. The lowest BCUT2D eigenvalue weighted by Gasteiger charge is -2.17. The fraction of sp³-hybridized carbons (Fsp3) is 0.267.